The van der Waals surface area contributed by atoms with E-state index >= 15 is 0 Å². The molecule has 0 radical (unpaired) electrons. The Morgan fingerprint density at radius 3 is 2.07 bits per heavy atom. The first-order chi connectivity index (χ1) is 13.0. The van der Waals surface area contributed by atoms with Gasteiger partial charge in [0.2, 0.25) is 5.82 Å². The Morgan fingerprint density at radius 1 is 1.07 bits per heavy atom. The van der Waals surface area contributed by atoms with E-state index in [0.29, 0.717) is 42.2 Å². The molecule has 0 fully saturated rings. The van der Waals surface area contributed by atoms with Crippen LogP contribution in [-0.2, 0) is 4.43 Å². The van der Waals surface area contributed by atoms with E-state index in [9.17, 15) is 18.9 Å². The second kappa shape index (κ2) is 8.59. The van der Waals surface area contributed by atoms with E-state index in [1.165, 1.54) is 0 Å². The average molecular weight is 413 g/mol. The summed E-state index contributed by atoms with van der Waals surface area (Å²) in [6, 6.07) is 1.55. The molecule has 0 saturated carbocycles. The van der Waals surface area contributed by atoms with E-state index in [1.54, 1.807) is 4.90 Å². The zero-order valence-corrected chi connectivity index (χ0v) is 18.5. The van der Waals surface area contributed by atoms with Crippen LogP contribution in [0.5, 0.6) is 0 Å². The Morgan fingerprint density at radius 2 is 1.64 bits per heavy atom. The number of hydrogen-bond acceptors (Lipinski definition) is 4. The molecule has 1 aliphatic rings. The largest absolute Gasteiger partial charge is 0.546 e. The molecule has 0 bridgehead atoms. The summed E-state index contributed by atoms with van der Waals surface area (Å²) in [5, 5.41) is 10.8. The molecular formula is C20H30F2N2O3Si. The molecule has 1 heterocycles. The van der Waals surface area contributed by atoms with Gasteiger partial charge in [-0.25, -0.2) is 4.39 Å². The van der Waals surface area contributed by atoms with Gasteiger partial charge < -0.3 is 9.33 Å². The van der Waals surface area contributed by atoms with Crippen LogP contribution in [0.3, 0.4) is 0 Å². The predicted octanol–water partition coefficient (Wildman–Crippen LogP) is 6.16. The number of nitro groups is 1. The molecule has 1 aromatic carbocycles. The third-order valence-electron chi connectivity index (χ3n) is 5.74. The van der Waals surface area contributed by atoms with Crippen LogP contribution in [0.2, 0.25) is 16.6 Å². The van der Waals surface area contributed by atoms with Gasteiger partial charge in [-0.1, -0.05) is 41.5 Å². The maximum absolute atomic E-state index is 14.3. The lowest BCUT2D eigenvalue weighted by Gasteiger charge is -2.44. The summed E-state index contributed by atoms with van der Waals surface area (Å²) in [6.07, 6.45) is 2.52. The Hall–Kier alpha value is -1.96. The second-order valence-corrected chi connectivity index (χ2v) is 13.7. The van der Waals surface area contributed by atoms with Crippen molar-refractivity contribution >= 4 is 19.7 Å². The van der Waals surface area contributed by atoms with Crippen LogP contribution in [0, 0.1) is 21.7 Å². The van der Waals surface area contributed by atoms with Gasteiger partial charge in [-0.2, -0.15) is 4.39 Å². The molecule has 1 aromatic rings. The molecule has 5 nitrogen and oxygen atoms in total. The number of benzene rings is 1. The van der Waals surface area contributed by atoms with Crippen molar-refractivity contribution in [2.45, 2.75) is 64.6 Å². The number of hydrogen-bond donors (Lipinski definition) is 0. The SMILES string of the molecule is CC(C)[Si](OC1=CCN(c2cc(F)c([N+](=O)[O-])cc2F)CC1)(C(C)C)C(C)C. The zero-order valence-electron chi connectivity index (χ0n) is 17.5. The minimum absolute atomic E-state index is 0.0403. The van der Waals surface area contributed by atoms with E-state index in [4.69, 9.17) is 4.43 Å². The topological polar surface area (TPSA) is 55.6 Å². The normalized spacial score (nSPS) is 15.4. The van der Waals surface area contributed by atoms with Crippen LogP contribution in [-0.4, -0.2) is 26.3 Å². The quantitative estimate of drug-likeness (QED) is 0.306. The van der Waals surface area contributed by atoms with Crippen LogP contribution in [0.25, 0.3) is 0 Å². The van der Waals surface area contributed by atoms with Gasteiger partial charge in [0.05, 0.1) is 22.4 Å². The summed E-state index contributed by atoms with van der Waals surface area (Å²) < 4.78 is 34.9. The first-order valence-electron chi connectivity index (χ1n) is 9.77. The third-order valence-corrected chi connectivity index (χ3v) is 11.8. The third kappa shape index (κ3) is 4.21. The van der Waals surface area contributed by atoms with Crippen molar-refractivity contribution in [3.8, 4) is 0 Å². The summed E-state index contributed by atoms with van der Waals surface area (Å²) in [6.45, 7) is 14.2. The molecule has 8 heteroatoms. The summed E-state index contributed by atoms with van der Waals surface area (Å²) >= 11 is 0. The zero-order chi connectivity index (χ0) is 21.2. The lowest BCUT2D eigenvalue weighted by atomic mass is 10.1. The lowest BCUT2D eigenvalue weighted by molar-refractivity contribution is -0.387. The molecule has 0 spiro atoms. The van der Waals surface area contributed by atoms with Crippen LogP contribution in [0.1, 0.15) is 48.0 Å². The van der Waals surface area contributed by atoms with Crippen molar-refractivity contribution in [1.82, 2.24) is 0 Å². The van der Waals surface area contributed by atoms with Gasteiger partial charge in [0.25, 0.3) is 8.32 Å². The van der Waals surface area contributed by atoms with Crippen LogP contribution >= 0.6 is 0 Å². The minimum Gasteiger partial charge on any atom is -0.546 e. The lowest BCUT2D eigenvalue weighted by Crippen LogP contribution is -2.48. The van der Waals surface area contributed by atoms with Gasteiger partial charge in [-0.3, -0.25) is 10.1 Å². The highest BCUT2D eigenvalue weighted by atomic mass is 28.4. The molecule has 0 aromatic heterocycles. The molecule has 0 saturated heterocycles. The molecule has 1 aliphatic heterocycles. The molecular weight excluding hydrogens is 382 g/mol. The number of nitrogens with zero attached hydrogens (tertiary/aromatic N) is 2. The van der Waals surface area contributed by atoms with Crippen molar-refractivity contribution in [2.24, 2.45) is 0 Å². The monoisotopic (exact) mass is 412 g/mol. The van der Waals surface area contributed by atoms with E-state index in [2.05, 4.69) is 41.5 Å². The van der Waals surface area contributed by atoms with Crippen molar-refractivity contribution in [1.29, 1.82) is 0 Å². The van der Waals surface area contributed by atoms with E-state index in [-0.39, 0.29) is 5.69 Å². The average Bonchev–Trinajstić information content (AvgIpc) is 2.60. The number of nitro benzene ring substituents is 1. The van der Waals surface area contributed by atoms with E-state index in [0.717, 1.165) is 11.8 Å². The fourth-order valence-electron chi connectivity index (χ4n) is 4.45. The van der Waals surface area contributed by atoms with Gasteiger partial charge in [0.15, 0.2) is 5.82 Å². The molecule has 2 rings (SSSR count). The van der Waals surface area contributed by atoms with E-state index < -0.39 is 30.6 Å². The van der Waals surface area contributed by atoms with Crippen LogP contribution < -0.4 is 4.90 Å². The maximum Gasteiger partial charge on any atom is 0.307 e. The van der Waals surface area contributed by atoms with Crippen LogP contribution in [0.4, 0.5) is 20.2 Å². The highest BCUT2D eigenvalue weighted by molar-refractivity contribution is 6.77. The Bertz CT molecular complexity index is 744. The predicted molar refractivity (Wildman–Crippen MR) is 110 cm³/mol. The first kappa shape index (κ1) is 22.3. The van der Waals surface area contributed by atoms with Gasteiger partial charge in [0.1, 0.15) is 0 Å². The standard InChI is InChI=1S/C20H30F2N2O3Si/c1-13(2)28(14(3)4,15(5)6)27-16-7-9-23(10-8-16)19-11-18(22)20(24(25)26)12-17(19)21/h7,11-15H,8-10H2,1-6H3. The van der Waals surface area contributed by atoms with Crippen molar-refractivity contribution in [2.75, 3.05) is 18.0 Å². The molecule has 0 amide bonds. The summed E-state index contributed by atoms with van der Waals surface area (Å²) in [7, 11) is -2.05. The van der Waals surface area contributed by atoms with Gasteiger partial charge in [-0.15, -0.1) is 0 Å². The van der Waals surface area contributed by atoms with E-state index in [1.807, 2.05) is 6.08 Å². The first-order valence-corrected chi connectivity index (χ1v) is 11.9. The highest BCUT2D eigenvalue weighted by Crippen LogP contribution is 2.44. The smallest absolute Gasteiger partial charge is 0.307 e. The van der Waals surface area contributed by atoms with Gasteiger partial charge >= 0.3 is 5.69 Å². The molecule has 0 N–H and O–H groups in total. The number of halogens is 2. The van der Waals surface area contributed by atoms with Crippen molar-refractivity contribution in [3.63, 3.8) is 0 Å². The second-order valence-electron chi connectivity index (χ2n) is 8.30. The van der Waals surface area contributed by atoms with Crippen molar-refractivity contribution in [3.05, 3.63) is 45.7 Å². The number of rotatable bonds is 7. The summed E-state index contributed by atoms with van der Waals surface area (Å²) in [5.41, 5.74) is 0.547. The van der Waals surface area contributed by atoms with Crippen LogP contribution in [0.15, 0.2) is 24.0 Å². The van der Waals surface area contributed by atoms with Crippen molar-refractivity contribution < 1.29 is 18.1 Å². The Labute approximate surface area is 166 Å². The summed E-state index contributed by atoms with van der Waals surface area (Å²) in [4.78, 5) is 11.5. The Balaban J connectivity index is 2.23. The maximum atomic E-state index is 14.3. The molecule has 28 heavy (non-hydrogen) atoms. The highest BCUT2D eigenvalue weighted by Gasteiger charge is 2.47. The fraction of sp³-hybridized carbons (Fsp3) is 0.600. The molecule has 156 valence electrons. The Kier molecular flexibility index (Phi) is 6.85. The number of anilines is 1. The molecule has 0 unspecified atom stereocenters. The molecule has 0 aliphatic carbocycles. The summed E-state index contributed by atoms with van der Waals surface area (Å²) in [5.74, 6) is -0.902. The molecule has 0 atom stereocenters. The van der Waals surface area contributed by atoms with Gasteiger partial charge in [0, 0.05) is 25.6 Å². The minimum atomic E-state index is -2.05. The fourth-order valence-corrected chi connectivity index (χ4v) is 9.80. The van der Waals surface area contributed by atoms with Gasteiger partial charge in [-0.05, 0) is 22.7 Å².